The maximum absolute atomic E-state index is 4.70. The Balaban J connectivity index is 1.69. The lowest BCUT2D eigenvalue weighted by molar-refractivity contribution is 0.371. The normalized spacial score (nSPS) is 17.4. The van der Waals surface area contributed by atoms with Gasteiger partial charge >= 0.3 is 0 Å². The third kappa shape index (κ3) is 2.41. The predicted molar refractivity (Wildman–Crippen MR) is 73.6 cm³/mol. The lowest BCUT2D eigenvalue weighted by atomic mass is 9.95. The third-order valence-corrected chi connectivity index (χ3v) is 3.90. The van der Waals surface area contributed by atoms with E-state index in [9.17, 15) is 0 Å². The van der Waals surface area contributed by atoms with Crippen molar-refractivity contribution in [1.29, 1.82) is 0 Å². The SMILES string of the molecule is Cc1cccn2cc(CNC3CCCCC3)nc12. The standard InChI is InChI=1S/C15H21N3/c1-12-6-5-9-18-11-14(17-15(12)18)10-16-13-7-3-2-4-8-13/h5-6,9,11,13,16H,2-4,7-8,10H2,1H3. The zero-order valence-electron chi connectivity index (χ0n) is 11.0. The number of hydrogen-bond donors (Lipinski definition) is 1. The first-order valence-corrected chi connectivity index (χ1v) is 6.99. The van der Waals surface area contributed by atoms with Gasteiger partial charge in [-0.2, -0.15) is 0 Å². The Kier molecular flexibility index (Phi) is 3.33. The molecular weight excluding hydrogens is 222 g/mol. The molecule has 1 saturated carbocycles. The molecule has 0 unspecified atom stereocenters. The van der Waals surface area contributed by atoms with Gasteiger partial charge in [0.05, 0.1) is 5.69 Å². The van der Waals surface area contributed by atoms with Crippen LogP contribution in [0.3, 0.4) is 0 Å². The highest BCUT2D eigenvalue weighted by atomic mass is 15.0. The van der Waals surface area contributed by atoms with Gasteiger partial charge in [-0.15, -0.1) is 0 Å². The maximum Gasteiger partial charge on any atom is 0.139 e. The van der Waals surface area contributed by atoms with Crippen LogP contribution in [0.1, 0.15) is 43.4 Å². The van der Waals surface area contributed by atoms with Crippen molar-refractivity contribution in [3.8, 4) is 0 Å². The second kappa shape index (κ2) is 5.11. The molecule has 0 amide bonds. The topological polar surface area (TPSA) is 29.3 Å². The van der Waals surface area contributed by atoms with Gasteiger partial charge < -0.3 is 9.72 Å². The van der Waals surface area contributed by atoms with E-state index in [1.807, 2.05) is 0 Å². The molecule has 0 aromatic carbocycles. The Morgan fingerprint density at radius 2 is 2.17 bits per heavy atom. The quantitative estimate of drug-likeness (QED) is 0.897. The highest BCUT2D eigenvalue weighted by Crippen LogP contribution is 2.18. The van der Waals surface area contributed by atoms with Gasteiger partial charge in [0, 0.05) is 25.0 Å². The number of nitrogens with one attached hydrogen (secondary N) is 1. The van der Waals surface area contributed by atoms with Crippen LogP contribution in [0.4, 0.5) is 0 Å². The second-order valence-corrected chi connectivity index (χ2v) is 5.37. The number of rotatable bonds is 3. The molecule has 1 fully saturated rings. The maximum atomic E-state index is 4.70. The van der Waals surface area contributed by atoms with E-state index in [4.69, 9.17) is 4.98 Å². The van der Waals surface area contributed by atoms with Crippen molar-refractivity contribution in [1.82, 2.24) is 14.7 Å². The van der Waals surface area contributed by atoms with Crippen molar-refractivity contribution in [3.63, 3.8) is 0 Å². The molecule has 3 nitrogen and oxygen atoms in total. The van der Waals surface area contributed by atoms with Crippen LogP contribution in [0, 0.1) is 6.92 Å². The lowest BCUT2D eigenvalue weighted by Gasteiger charge is -2.22. The van der Waals surface area contributed by atoms with E-state index in [2.05, 4.69) is 41.2 Å². The van der Waals surface area contributed by atoms with Crippen molar-refractivity contribution < 1.29 is 0 Å². The summed E-state index contributed by atoms with van der Waals surface area (Å²) in [6, 6.07) is 4.88. The first-order chi connectivity index (χ1) is 8.83. The molecule has 3 rings (SSSR count). The van der Waals surface area contributed by atoms with Crippen LogP contribution in [0.25, 0.3) is 5.65 Å². The zero-order chi connectivity index (χ0) is 12.4. The number of nitrogens with zero attached hydrogens (tertiary/aromatic N) is 2. The van der Waals surface area contributed by atoms with Gasteiger partial charge in [0.15, 0.2) is 0 Å². The van der Waals surface area contributed by atoms with Crippen molar-refractivity contribution >= 4 is 5.65 Å². The number of hydrogen-bond acceptors (Lipinski definition) is 2. The molecule has 1 aliphatic carbocycles. The molecule has 1 N–H and O–H groups in total. The fourth-order valence-corrected chi connectivity index (χ4v) is 2.85. The van der Waals surface area contributed by atoms with Gasteiger partial charge in [-0.05, 0) is 31.4 Å². The minimum atomic E-state index is 0.699. The predicted octanol–water partition coefficient (Wildman–Crippen LogP) is 3.07. The molecule has 0 saturated heterocycles. The molecule has 96 valence electrons. The summed E-state index contributed by atoms with van der Waals surface area (Å²) in [7, 11) is 0. The van der Waals surface area contributed by atoms with Crippen LogP contribution < -0.4 is 5.32 Å². The molecule has 0 spiro atoms. The van der Waals surface area contributed by atoms with Crippen LogP contribution in [0.15, 0.2) is 24.5 Å². The van der Waals surface area contributed by atoms with Gasteiger partial charge in [-0.3, -0.25) is 0 Å². The largest absolute Gasteiger partial charge is 0.308 e. The summed E-state index contributed by atoms with van der Waals surface area (Å²) in [5, 5.41) is 3.64. The Morgan fingerprint density at radius 3 is 2.94 bits per heavy atom. The Hall–Kier alpha value is -1.35. The molecule has 0 bridgehead atoms. The summed E-state index contributed by atoms with van der Waals surface area (Å²) in [6.07, 6.45) is 11.0. The van der Waals surface area contributed by atoms with Gasteiger partial charge in [0.2, 0.25) is 0 Å². The second-order valence-electron chi connectivity index (χ2n) is 5.37. The zero-order valence-corrected chi connectivity index (χ0v) is 11.0. The van der Waals surface area contributed by atoms with Gasteiger partial charge in [-0.25, -0.2) is 4.98 Å². The van der Waals surface area contributed by atoms with Crippen molar-refractivity contribution in [2.45, 2.75) is 51.6 Å². The monoisotopic (exact) mass is 243 g/mol. The lowest BCUT2D eigenvalue weighted by Crippen LogP contribution is -2.30. The summed E-state index contributed by atoms with van der Waals surface area (Å²) >= 11 is 0. The Bertz CT molecular complexity index is 524. The average Bonchev–Trinajstić information content (AvgIpc) is 2.82. The number of pyridine rings is 1. The van der Waals surface area contributed by atoms with Crippen LogP contribution in [0.5, 0.6) is 0 Å². The highest BCUT2D eigenvalue weighted by molar-refractivity contribution is 5.47. The summed E-state index contributed by atoms with van der Waals surface area (Å²) in [4.78, 5) is 4.70. The fourth-order valence-electron chi connectivity index (χ4n) is 2.85. The molecule has 3 heteroatoms. The van der Waals surface area contributed by atoms with Crippen molar-refractivity contribution in [2.24, 2.45) is 0 Å². The fraction of sp³-hybridized carbons (Fsp3) is 0.533. The number of fused-ring (bicyclic) bond motifs is 1. The summed E-state index contributed by atoms with van der Waals surface area (Å²) in [6.45, 7) is 3.01. The van der Waals surface area contributed by atoms with E-state index in [1.165, 1.54) is 37.7 Å². The van der Waals surface area contributed by atoms with Crippen molar-refractivity contribution in [2.75, 3.05) is 0 Å². The summed E-state index contributed by atoms with van der Waals surface area (Å²) in [5.41, 5.74) is 3.47. The number of imidazole rings is 1. The van der Waals surface area contributed by atoms with Gasteiger partial charge in [-0.1, -0.05) is 25.3 Å². The molecule has 0 aliphatic heterocycles. The van der Waals surface area contributed by atoms with E-state index in [0.717, 1.165) is 17.9 Å². The van der Waals surface area contributed by atoms with E-state index in [1.54, 1.807) is 0 Å². The Labute approximate surface area is 108 Å². The van der Waals surface area contributed by atoms with Gasteiger partial charge in [0.1, 0.15) is 5.65 Å². The van der Waals surface area contributed by atoms with Crippen LogP contribution in [-0.2, 0) is 6.54 Å². The Morgan fingerprint density at radius 1 is 1.33 bits per heavy atom. The molecule has 0 atom stereocenters. The van der Waals surface area contributed by atoms with Crippen LogP contribution in [0.2, 0.25) is 0 Å². The minimum Gasteiger partial charge on any atom is -0.308 e. The molecular formula is C15H21N3. The van der Waals surface area contributed by atoms with Crippen LogP contribution in [-0.4, -0.2) is 15.4 Å². The highest BCUT2D eigenvalue weighted by Gasteiger charge is 2.13. The molecule has 0 radical (unpaired) electrons. The van der Waals surface area contributed by atoms with Crippen molar-refractivity contribution in [3.05, 3.63) is 35.8 Å². The summed E-state index contributed by atoms with van der Waals surface area (Å²) < 4.78 is 2.12. The van der Waals surface area contributed by atoms with E-state index in [0.29, 0.717) is 6.04 Å². The third-order valence-electron chi connectivity index (χ3n) is 3.90. The molecule has 2 heterocycles. The van der Waals surface area contributed by atoms with Gasteiger partial charge in [0.25, 0.3) is 0 Å². The minimum absolute atomic E-state index is 0.699. The number of aryl methyl sites for hydroxylation is 1. The first kappa shape index (κ1) is 11.7. The van der Waals surface area contributed by atoms with E-state index < -0.39 is 0 Å². The van der Waals surface area contributed by atoms with E-state index >= 15 is 0 Å². The van der Waals surface area contributed by atoms with E-state index in [-0.39, 0.29) is 0 Å². The average molecular weight is 243 g/mol. The van der Waals surface area contributed by atoms with Crippen LogP contribution >= 0.6 is 0 Å². The molecule has 18 heavy (non-hydrogen) atoms. The smallest absolute Gasteiger partial charge is 0.139 e. The molecule has 2 aromatic heterocycles. The molecule has 1 aliphatic rings. The summed E-state index contributed by atoms with van der Waals surface area (Å²) in [5.74, 6) is 0. The molecule has 2 aromatic rings. The number of aromatic nitrogens is 2. The first-order valence-electron chi connectivity index (χ1n) is 6.99.